The van der Waals surface area contributed by atoms with Crippen molar-refractivity contribution in [2.24, 2.45) is 0 Å². The number of hydrogen-bond acceptors (Lipinski definition) is 3. The molecule has 2 aromatic rings. The molecule has 0 atom stereocenters. The van der Waals surface area contributed by atoms with Crippen LogP contribution in [0.5, 0.6) is 0 Å². The fourth-order valence-corrected chi connectivity index (χ4v) is 1.66. The summed E-state index contributed by atoms with van der Waals surface area (Å²) in [4.78, 5) is 4.15. The second-order valence-electron chi connectivity index (χ2n) is 3.97. The lowest BCUT2D eigenvalue weighted by Gasteiger charge is -2.09. The molecule has 0 saturated heterocycles. The number of rotatable bonds is 4. The van der Waals surface area contributed by atoms with Crippen molar-refractivity contribution in [3.05, 3.63) is 41.9 Å². The molecular formula is C12H13F3N4. The predicted octanol–water partition coefficient (Wildman–Crippen LogP) is 2.78. The zero-order valence-corrected chi connectivity index (χ0v) is 10.3. The molecule has 0 bridgehead atoms. The van der Waals surface area contributed by atoms with Crippen LogP contribution in [0.3, 0.4) is 0 Å². The van der Waals surface area contributed by atoms with Crippen molar-refractivity contribution < 1.29 is 13.2 Å². The third-order valence-corrected chi connectivity index (χ3v) is 2.53. The average Bonchev–Trinajstić information content (AvgIpc) is 2.80. The Hall–Kier alpha value is -2.05. The van der Waals surface area contributed by atoms with Gasteiger partial charge in [0.05, 0.1) is 18.3 Å². The number of pyridine rings is 1. The molecule has 0 radical (unpaired) electrons. The first kappa shape index (κ1) is 13.4. The highest BCUT2D eigenvalue weighted by Crippen LogP contribution is 2.28. The fourth-order valence-electron chi connectivity index (χ4n) is 1.66. The maximum Gasteiger partial charge on any atom is 0.419 e. The van der Waals surface area contributed by atoms with E-state index in [1.807, 2.05) is 6.92 Å². The molecule has 19 heavy (non-hydrogen) atoms. The third kappa shape index (κ3) is 3.24. The molecule has 0 amide bonds. The minimum atomic E-state index is -4.36. The van der Waals surface area contributed by atoms with Gasteiger partial charge in [-0.3, -0.25) is 4.68 Å². The van der Waals surface area contributed by atoms with Crippen molar-refractivity contribution in [3.63, 3.8) is 0 Å². The van der Waals surface area contributed by atoms with E-state index in [1.54, 1.807) is 18.3 Å². The van der Waals surface area contributed by atoms with Gasteiger partial charge in [0, 0.05) is 24.5 Å². The molecule has 1 N–H and O–H groups in total. The summed E-state index contributed by atoms with van der Waals surface area (Å²) in [6, 6.07) is 3.55. The maximum atomic E-state index is 12.5. The molecule has 0 aliphatic heterocycles. The standard InChI is InChI=1S/C12H13F3N4/c1-2-16-11-9(4-3-5-17-11)7-19-8-10(6-18-19)12(13,14)15/h3-6,8H,2,7H2,1H3,(H,16,17). The summed E-state index contributed by atoms with van der Waals surface area (Å²) >= 11 is 0. The normalized spacial score (nSPS) is 11.6. The third-order valence-electron chi connectivity index (χ3n) is 2.53. The first-order chi connectivity index (χ1) is 9.00. The quantitative estimate of drug-likeness (QED) is 0.929. The van der Waals surface area contributed by atoms with E-state index >= 15 is 0 Å². The van der Waals surface area contributed by atoms with Crippen LogP contribution in [0.2, 0.25) is 0 Å². The van der Waals surface area contributed by atoms with Gasteiger partial charge in [-0.05, 0) is 13.0 Å². The van der Waals surface area contributed by atoms with Crippen LogP contribution in [0, 0.1) is 0 Å². The highest BCUT2D eigenvalue weighted by Gasteiger charge is 2.32. The van der Waals surface area contributed by atoms with Crippen LogP contribution in [0.15, 0.2) is 30.7 Å². The van der Waals surface area contributed by atoms with Crippen molar-refractivity contribution in [1.82, 2.24) is 14.8 Å². The van der Waals surface area contributed by atoms with Gasteiger partial charge >= 0.3 is 6.18 Å². The van der Waals surface area contributed by atoms with Crippen LogP contribution in [-0.2, 0) is 12.7 Å². The Morgan fingerprint density at radius 1 is 1.37 bits per heavy atom. The van der Waals surface area contributed by atoms with Gasteiger partial charge in [-0.15, -0.1) is 0 Å². The van der Waals surface area contributed by atoms with Gasteiger partial charge in [0.25, 0.3) is 0 Å². The molecule has 2 aromatic heterocycles. The molecule has 0 fully saturated rings. The van der Waals surface area contributed by atoms with Gasteiger partial charge in [-0.2, -0.15) is 18.3 Å². The second kappa shape index (κ2) is 5.29. The summed E-state index contributed by atoms with van der Waals surface area (Å²) in [6.07, 6.45) is -0.921. The number of aromatic nitrogens is 3. The zero-order valence-electron chi connectivity index (χ0n) is 10.3. The Kier molecular flexibility index (Phi) is 3.73. The summed E-state index contributed by atoms with van der Waals surface area (Å²) in [5.41, 5.74) is 0.0440. The molecule has 2 heterocycles. The van der Waals surface area contributed by atoms with Gasteiger partial charge in [0.15, 0.2) is 0 Å². The Labute approximate surface area is 108 Å². The van der Waals surface area contributed by atoms with Gasteiger partial charge in [0.1, 0.15) is 5.82 Å². The van der Waals surface area contributed by atoms with Crippen LogP contribution in [0.4, 0.5) is 19.0 Å². The number of nitrogens with one attached hydrogen (secondary N) is 1. The van der Waals surface area contributed by atoms with Crippen LogP contribution in [-0.4, -0.2) is 21.3 Å². The largest absolute Gasteiger partial charge is 0.419 e. The monoisotopic (exact) mass is 270 g/mol. The SMILES string of the molecule is CCNc1ncccc1Cn1cc(C(F)(F)F)cn1. The van der Waals surface area contributed by atoms with Gasteiger partial charge in [-0.1, -0.05) is 6.07 Å². The van der Waals surface area contributed by atoms with E-state index in [0.29, 0.717) is 12.4 Å². The summed E-state index contributed by atoms with van der Waals surface area (Å²) in [5, 5.41) is 6.78. The van der Waals surface area contributed by atoms with Crippen molar-refractivity contribution in [1.29, 1.82) is 0 Å². The van der Waals surface area contributed by atoms with E-state index in [-0.39, 0.29) is 6.54 Å². The summed E-state index contributed by atoms with van der Waals surface area (Å²) in [7, 11) is 0. The summed E-state index contributed by atoms with van der Waals surface area (Å²) in [6.45, 7) is 2.86. The number of halogens is 3. The zero-order chi connectivity index (χ0) is 13.9. The molecule has 2 rings (SSSR count). The van der Waals surface area contributed by atoms with Crippen molar-refractivity contribution in [2.75, 3.05) is 11.9 Å². The van der Waals surface area contributed by atoms with E-state index in [1.165, 1.54) is 4.68 Å². The molecular weight excluding hydrogens is 257 g/mol. The Bertz CT molecular complexity index is 548. The van der Waals surface area contributed by atoms with Crippen molar-refractivity contribution in [2.45, 2.75) is 19.6 Å². The predicted molar refractivity (Wildman–Crippen MR) is 64.7 cm³/mol. The smallest absolute Gasteiger partial charge is 0.370 e. The first-order valence-electron chi connectivity index (χ1n) is 5.78. The maximum absolute atomic E-state index is 12.5. The van der Waals surface area contributed by atoms with Gasteiger partial charge in [-0.25, -0.2) is 4.98 Å². The molecule has 102 valence electrons. The molecule has 7 heteroatoms. The molecule has 4 nitrogen and oxygen atoms in total. The van der Waals surface area contributed by atoms with E-state index in [0.717, 1.165) is 18.0 Å². The Morgan fingerprint density at radius 3 is 2.79 bits per heavy atom. The lowest BCUT2D eigenvalue weighted by molar-refractivity contribution is -0.137. The second-order valence-corrected chi connectivity index (χ2v) is 3.97. The van der Waals surface area contributed by atoms with Crippen molar-refractivity contribution >= 4 is 5.82 Å². The van der Waals surface area contributed by atoms with E-state index in [2.05, 4.69) is 15.4 Å². The number of hydrogen-bond donors (Lipinski definition) is 1. The highest BCUT2D eigenvalue weighted by molar-refractivity contribution is 5.43. The number of nitrogens with zero attached hydrogens (tertiary/aromatic N) is 3. The van der Waals surface area contributed by atoms with E-state index < -0.39 is 11.7 Å². The van der Waals surface area contributed by atoms with E-state index in [4.69, 9.17) is 0 Å². The molecule has 0 aromatic carbocycles. The topological polar surface area (TPSA) is 42.7 Å². The minimum Gasteiger partial charge on any atom is -0.370 e. The summed E-state index contributed by atoms with van der Waals surface area (Å²) in [5.74, 6) is 0.661. The average molecular weight is 270 g/mol. The van der Waals surface area contributed by atoms with Crippen molar-refractivity contribution in [3.8, 4) is 0 Å². The number of anilines is 1. The van der Waals surface area contributed by atoms with Gasteiger partial charge in [0.2, 0.25) is 0 Å². The van der Waals surface area contributed by atoms with Crippen LogP contribution in [0.1, 0.15) is 18.1 Å². The fraction of sp³-hybridized carbons (Fsp3) is 0.333. The van der Waals surface area contributed by atoms with Gasteiger partial charge < -0.3 is 5.32 Å². The first-order valence-corrected chi connectivity index (χ1v) is 5.78. The van der Waals surface area contributed by atoms with E-state index in [9.17, 15) is 13.2 Å². The minimum absolute atomic E-state index is 0.242. The molecule has 0 saturated carbocycles. The molecule has 0 aliphatic carbocycles. The molecule has 0 aliphatic rings. The highest BCUT2D eigenvalue weighted by atomic mass is 19.4. The lowest BCUT2D eigenvalue weighted by atomic mass is 10.2. The Morgan fingerprint density at radius 2 is 2.16 bits per heavy atom. The summed E-state index contributed by atoms with van der Waals surface area (Å²) < 4.78 is 38.6. The molecule has 0 spiro atoms. The van der Waals surface area contributed by atoms with Crippen LogP contribution >= 0.6 is 0 Å². The van der Waals surface area contributed by atoms with Crippen LogP contribution in [0.25, 0.3) is 0 Å². The lowest BCUT2D eigenvalue weighted by Crippen LogP contribution is -2.08. The molecule has 0 unspecified atom stereocenters. The van der Waals surface area contributed by atoms with Crippen LogP contribution < -0.4 is 5.32 Å². The number of alkyl halides is 3. The Balaban J connectivity index is 2.19.